The molecule has 0 amide bonds. The number of aromatic nitrogens is 4. The molecule has 0 aliphatic carbocycles. The number of nitrogens with zero attached hydrogens (tertiary/aromatic N) is 4. The summed E-state index contributed by atoms with van der Waals surface area (Å²) in [5, 5.41) is 10.5. The molecule has 6 nitrogen and oxygen atoms in total. The van der Waals surface area contributed by atoms with Crippen molar-refractivity contribution >= 4 is 11.3 Å². The van der Waals surface area contributed by atoms with E-state index in [2.05, 4.69) is 16.5 Å². The Morgan fingerprint density at radius 3 is 2.87 bits per heavy atom. The Balaban J connectivity index is 1.57. The highest BCUT2D eigenvalue weighted by Gasteiger charge is 2.09. The highest BCUT2D eigenvalue weighted by atomic mass is 32.1. The van der Waals surface area contributed by atoms with Crippen molar-refractivity contribution in [1.29, 1.82) is 0 Å². The molecule has 120 valence electrons. The summed E-state index contributed by atoms with van der Waals surface area (Å²) in [4.78, 5) is 12.2. The molecule has 0 bridgehead atoms. The minimum Gasteiger partial charge on any atom is -0.493 e. The first-order valence-electron chi connectivity index (χ1n) is 7.42. The van der Waals surface area contributed by atoms with Crippen molar-refractivity contribution in [1.82, 2.24) is 19.8 Å². The fourth-order valence-corrected chi connectivity index (χ4v) is 2.87. The van der Waals surface area contributed by atoms with Gasteiger partial charge in [-0.3, -0.25) is 0 Å². The van der Waals surface area contributed by atoms with Crippen LogP contribution in [-0.2, 0) is 6.54 Å². The first-order chi connectivity index (χ1) is 11.1. The van der Waals surface area contributed by atoms with Gasteiger partial charge in [0.15, 0.2) is 0 Å². The van der Waals surface area contributed by atoms with E-state index in [9.17, 15) is 4.79 Å². The van der Waals surface area contributed by atoms with Crippen LogP contribution in [0.15, 0.2) is 40.5 Å². The molecule has 0 unspecified atom stereocenters. The molecule has 0 atom stereocenters. The van der Waals surface area contributed by atoms with Gasteiger partial charge in [0.2, 0.25) is 0 Å². The molecule has 2 aromatic heterocycles. The minimum atomic E-state index is -0.223. The highest BCUT2D eigenvalue weighted by molar-refractivity contribution is 7.12. The zero-order chi connectivity index (χ0) is 16.2. The Kier molecular flexibility index (Phi) is 4.57. The van der Waals surface area contributed by atoms with E-state index in [-0.39, 0.29) is 5.69 Å². The second kappa shape index (κ2) is 6.78. The van der Waals surface area contributed by atoms with Gasteiger partial charge in [0.05, 0.1) is 13.2 Å². The normalized spacial score (nSPS) is 10.9. The van der Waals surface area contributed by atoms with Crippen molar-refractivity contribution in [3.05, 3.63) is 57.3 Å². The number of hydrogen-bond acceptors (Lipinski definition) is 5. The van der Waals surface area contributed by atoms with Gasteiger partial charge in [0, 0.05) is 6.42 Å². The van der Waals surface area contributed by atoms with Crippen molar-refractivity contribution < 1.29 is 4.74 Å². The topological polar surface area (TPSA) is 61.9 Å². The summed E-state index contributed by atoms with van der Waals surface area (Å²) in [7, 11) is 0. The van der Waals surface area contributed by atoms with Gasteiger partial charge in [-0.25, -0.2) is 4.79 Å². The number of tetrazole rings is 1. The molecule has 0 saturated carbocycles. The fourth-order valence-electron chi connectivity index (χ4n) is 2.20. The summed E-state index contributed by atoms with van der Waals surface area (Å²) in [5.41, 5.74) is 2.05. The van der Waals surface area contributed by atoms with Crippen LogP contribution < -0.4 is 10.4 Å². The smallest absolute Gasteiger partial charge is 0.369 e. The Morgan fingerprint density at radius 1 is 1.22 bits per heavy atom. The lowest BCUT2D eigenvalue weighted by Gasteiger charge is -2.09. The van der Waals surface area contributed by atoms with Crippen molar-refractivity contribution in [3.63, 3.8) is 0 Å². The summed E-state index contributed by atoms with van der Waals surface area (Å²) < 4.78 is 8.47. The number of aryl methyl sites for hydroxylation is 3. The monoisotopic (exact) mass is 330 g/mol. The lowest BCUT2D eigenvalue weighted by Crippen LogP contribution is -2.24. The Bertz CT molecular complexity index is 836. The molecule has 2 heterocycles. The van der Waals surface area contributed by atoms with Crippen molar-refractivity contribution in [3.8, 4) is 10.8 Å². The number of thiophene rings is 1. The Morgan fingerprint density at radius 2 is 2.09 bits per heavy atom. The van der Waals surface area contributed by atoms with E-state index >= 15 is 0 Å². The van der Waals surface area contributed by atoms with Gasteiger partial charge in [-0.2, -0.15) is 9.36 Å². The third kappa shape index (κ3) is 3.50. The number of benzene rings is 1. The molecule has 0 aliphatic rings. The van der Waals surface area contributed by atoms with Gasteiger partial charge in [0.1, 0.15) is 10.8 Å². The molecule has 0 saturated heterocycles. The van der Waals surface area contributed by atoms with Crippen LogP contribution in [-0.4, -0.2) is 26.4 Å². The molecule has 3 rings (SSSR count). The first kappa shape index (κ1) is 15.5. The number of ether oxygens (including phenoxy) is 1. The van der Waals surface area contributed by atoms with Crippen LogP contribution in [0, 0.1) is 13.8 Å². The van der Waals surface area contributed by atoms with E-state index < -0.39 is 0 Å². The zero-order valence-corrected chi connectivity index (χ0v) is 13.9. The number of rotatable bonds is 6. The molecule has 1 aromatic carbocycles. The lowest BCUT2D eigenvalue weighted by molar-refractivity contribution is 0.295. The fraction of sp³-hybridized carbons (Fsp3) is 0.312. The van der Waals surface area contributed by atoms with Gasteiger partial charge >= 0.3 is 5.69 Å². The van der Waals surface area contributed by atoms with Crippen molar-refractivity contribution in [2.75, 3.05) is 6.61 Å². The summed E-state index contributed by atoms with van der Waals surface area (Å²) >= 11 is 1.45. The predicted octanol–water partition coefficient (Wildman–Crippen LogP) is 2.58. The van der Waals surface area contributed by atoms with Gasteiger partial charge < -0.3 is 4.74 Å². The average Bonchev–Trinajstić information content (AvgIpc) is 3.17. The molecule has 0 spiro atoms. The van der Waals surface area contributed by atoms with E-state index in [4.69, 9.17) is 4.74 Å². The van der Waals surface area contributed by atoms with Crippen LogP contribution in [0.4, 0.5) is 0 Å². The van der Waals surface area contributed by atoms with Gasteiger partial charge in [-0.15, -0.1) is 11.3 Å². The Labute approximate surface area is 137 Å². The predicted molar refractivity (Wildman–Crippen MR) is 89.5 cm³/mol. The quantitative estimate of drug-likeness (QED) is 0.652. The second-order valence-corrected chi connectivity index (χ2v) is 6.24. The van der Waals surface area contributed by atoms with Crippen LogP contribution >= 0.6 is 11.3 Å². The van der Waals surface area contributed by atoms with Crippen LogP contribution in [0.3, 0.4) is 0 Å². The molecule has 23 heavy (non-hydrogen) atoms. The second-order valence-electron chi connectivity index (χ2n) is 5.32. The zero-order valence-electron chi connectivity index (χ0n) is 13.1. The van der Waals surface area contributed by atoms with Crippen molar-refractivity contribution in [2.24, 2.45) is 0 Å². The third-order valence-corrected chi connectivity index (χ3v) is 4.31. The standard InChI is InChI=1S/C16H18N4O2S/c1-12-6-7-13(2)14(11-12)22-9-4-8-19-16(21)20(18-17-19)15-5-3-10-23-15/h3,5-7,10-11H,4,8-9H2,1-2H3. The molecule has 0 fully saturated rings. The number of hydrogen-bond donors (Lipinski definition) is 0. The first-order valence-corrected chi connectivity index (χ1v) is 8.30. The lowest BCUT2D eigenvalue weighted by atomic mass is 10.1. The summed E-state index contributed by atoms with van der Waals surface area (Å²) in [6, 6.07) is 9.85. The van der Waals surface area contributed by atoms with Crippen LogP contribution in [0.1, 0.15) is 17.5 Å². The molecule has 3 aromatic rings. The summed E-state index contributed by atoms with van der Waals surface area (Å²) in [6.45, 7) is 5.07. The van der Waals surface area contributed by atoms with Crippen LogP contribution in [0.5, 0.6) is 5.75 Å². The minimum absolute atomic E-state index is 0.223. The van der Waals surface area contributed by atoms with Gasteiger partial charge in [-0.05, 0) is 59.0 Å². The summed E-state index contributed by atoms with van der Waals surface area (Å²) in [6.07, 6.45) is 0.691. The third-order valence-electron chi connectivity index (χ3n) is 3.47. The molecule has 0 radical (unpaired) electrons. The average molecular weight is 330 g/mol. The van der Waals surface area contributed by atoms with E-state index in [1.807, 2.05) is 43.5 Å². The van der Waals surface area contributed by atoms with E-state index in [1.165, 1.54) is 26.3 Å². The molecule has 7 heteroatoms. The van der Waals surface area contributed by atoms with Crippen LogP contribution in [0.25, 0.3) is 5.00 Å². The molecule has 0 N–H and O–H groups in total. The molecule has 0 aliphatic heterocycles. The SMILES string of the molecule is Cc1ccc(C)c(OCCCn2nnn(-c3cccs3)c2=O)c1. The maximum Gasteiger partial charge on any atom is 0.369 e. The maximum absolute atomic E-state index is 12.2. The highest BCUT2D eigenvalue weighted by Crippen LogP contribution is 2.19. The molecular formula is C16H18N4O2S. The van der Waals surface area contributed by atoms with Gasteiger partial charge in [-0.1, -0.05) is 12.1 Å². The van der Waals surface area contributed by atoms with Gasteiger partial charge in [0.25, 0.3) is 0 Å². The van der Waals surface area contributed by atoms with Crippen molar-refractivity contribution in [2.45, 2.75) is 26.8 Å². The largest absolute Gasteiger partial charge is 0.493 e. The van der Waals surface area contributed by atoms with E-state index in [0.29, 0.717) is 19.6 Å². The summed E-state index contributed by atoms with van der Waals surface area (Å²) in [5.74, 6) is 0.889. The Hall–Kier alpha value is -2.41. The van der Waals surface area contributed by atoms with E-state index in [0.717, 1.165) is 16.3 Å². The maximum atomic E-state index is 12.2. The van der Waals surface area contributed by atoms with E-state index in [1.54, 1.807) is 0 Å². The van der Waals surface area contributed by atoms with Crippen LogP contribution in [0.2, 0.25) is 0 Å². The molecular weight excluding hydrogens is 312 g/mol.